The Balaban J connectivity index is 2.12. The summed E-state index contributed by atoms with van der Waals surface area (Å²) in [5.74, 6) is 0.902. The van der Waals surface area contributed by atoms with Crippen LogP contribution in [0.15, 0.2) is 12.1 Å². The fourth-order valence-corrected chi connectivity index (χ4v) is 2.09. The number of nitrogens with zero attached hydrogens (tertiary/aromatic N) is 3. The molecular formula is C10H15ClN4. The van der Waals surface area contributed by atoms with Crippen molar-refractivity contribution in [2.24, 2.45) is 0 Å². The van der Waals surface area contributed by atoms with Gasteiger partial charge in [0, 0.05) is 25.2 Å². The summed E-state index contributed by atoms with van der Waals surface area (Å²) in [7, 11) is 0. The van der Waals surface area contributed by atoms with Crippen molar-refractivity contribution in [3.05, 3.63) is 17.3 Å². The lowest BCUT2D eigenvalue weighted by Crippen LogP contribution is -2.54. The summed E-state index contributed by atoms with van der Waals surface area (Å²) >= 11 is 5.70. The fraction of sp³-hybridized carbons (Fsp3) is 0.600. The van der Waals surface area contributed by atoms with Crippen molar-refractivity contribution in [3.63, 3.8) is 0 Å². The average Bonchev–Trinajstić information content (AvgIpc) is 2.17. The zero-order valence-electron chi connectivity index (χ0n) is 8.94. The van der Waals surface area contributed by atoms with Crippen molar-refractivity contribution in [2.45, 2.75) is 25.9 Å². The lowest BCUT2D eigenvalue weighted by molar-refractivity contribution is 0.404. The van der Waals surface area contributed by atoms with E-state index in [-0.39, 0.29) is 0 Å². The first kappa shape index (κ1) is 10.6. The van der Waals surface area contributed by atoms with Crippen LogP contribution in [-0.2, 0) is 0 Å². The molecule has 0 amide bonds. The normalized spacial score (nSPS) is 26.7. The minimum atomic E-state index is 0.440. The molecule has 82 valence electrons. The van der Waals surface area contributed by atoms with E-state index in [4.69, 9.17) is 11.6 Å². The van der Waals surface area contributed by atoms with E-state index in [0.29, 0.717) is 17.2 Å². The van der Waals surface area contributed by atoms with E-state index in [1.54, 1.807) is 6.07 Å². The monoisotopic (exact) mass is 226 g/mol. The van der Waals surface area contributed by atoms with Gasteiger partial charge in [-0.25, -0.2) is 0 Å². The molecule has 1 aromatic heterocycles. The van der Waals surface area contributed by atoms with E-state index in [2.05, 4.69) is 34.3 Å². The van der Waals surface area contributed by atoms with Crippen LogP contribution in [0.1, 0.15) is 13.8 Å². The van der Waals surface area contributed by atoms with Crippen LogP contribution in [0, 0.1) is 0 Å². The van der Waals surface area contributed by atoms with Crippen LogP contribution in [0.5, 0.6) is 0 Å². The summed E-state index contributed by atoms with van der Waals surface area (Å²) in [6, 6.07) is 4.65. The molecule has 0 radical (unpaired) electrons. The van der Waals surface area contributed by atoms with E-state index >= 15 is 0 Å². The van der Waals surface area contributed by atoms with Crippen LogP contribution in [0.4, 0.5) is 5.82 Å². The Morgan fingerprint density at radius 1 is 1.27 bits per heavy atom. The molecule has 0 aromatic carbocycles. The first-order valence-corrected chi connectivity index (χ1v) is 5.53. The van der Waals surface area contributed by atoms with Gasteiger partial charge >= 0.3 is 0 Å². The van der Waals surface area contributed by atoms with Gasteiger partial charge in [-0.2, -0.15) is 0 Å². The number of rotatable bonds is 1. The Labute approximate surface area is 94.6 Å². The molecule has 1 aliphatic heterocycles. The average molecular weight is 227 g/mol. The maximum Gasteiger partial charge on any atom is 0.151 e. The fourth-order valence-electron chi connectivity index (χ4n) is 1.99. The molecule has 5 heteroatoms. The Hall–Kier alpha value is -0.870. The Morgan fingerprint density at radius 3 is 2.47 bits per heavy atom. The number of anilines is 1. The van der Waals surface area contributed by atoms with Crippen LogP contribution in [0.3, 0.4) is 0 Å². The second-order valence-corrected chi connectivity index (χ2v) is 4.48. The van der Waals surface area contributed by atoms with Gasteiger partial charge < -0.3 is 10.2 Å². The van der Waals surface area contributed by atoms with E-state index in [0.717, 1.165) is 18.9 Å². The zero-order valence-corrected chi connectivity index (χ0v) is 9.70. The summed E-state index contributed by atoms with van der Waals surface area (Å²) in [5, 5.41) is 11.9. The van der Waals surface area contributed by atoms with Crippen molar-refractivity contribution in [2.75, 3.05) is 18.0 Å². The Kier molecular flexibility index (Phi) is 3.07. The van der Waals surface area contributed by atoms with Gasteiger partial charge in [0.2, 0.25) is 0 Å². The zero-order chi connectivity index (χ0) is 10.8. The molecule has 0 spiro atoms. The predicted molar refractivity (Wildman–Crippen MR) is 61.3 cm³/mol. The molecule has 15 heavy (non-hydrogen) atoms. The maximum absolute atomic E-state index is 5.70. The molecule has 0 aliphatic carbocycles. The van der Waals surface area contributed by atoms with E-state index in [1.807, 2.05) is 6.07 Å². The third-order valence-electron chi connectivity index (χ3n) is 2.50. The molecule has 1 aromatic rings. The maximum atomic E-state index is 5.70. The minimum Gasteiger partial charge on any atom is -0.352 e. The number of aromatic nitrogens is 2. The van der Waals surface area contributed by atoms with Gasteiger partial charge in [-0.1, -0.05) is 11.6 Å². The molecule has 2 rings (SSSR count). The summed E-state index contributed by atoms with van der Waals surface area (Å²) in [6.45, 7) is 6.26. The highest BCUT2D eigenvalue weighted by Gasteiger charge is 2.21. The van der Waals surface area contributed by atoms with Gasteiger partial charge in [-0.05, 0) is 26.0 Å². The van der Waals surface area contributed by atoms with Gasteiger partial charge in [-0.15, -0.1) is 10.2 Å². The van der Waals surface area contributed by atoms with Gasteiger partial charge in [0.05, 0.1) is 0 Å². The van der Waals surface area contributed by atoms with Crippen LogP contribution in [-0.4, -0.2) is 35.4 Å². The van der Waals surface area contributed by atoms with E-state index in [1.165, 1.54) is 0 Å². The summed E-state index contributed by atoms with van der Waals surface area (Å²) in [6.07, 6.45) is 0. The molecule has 1 N–H and O–H groups in total. The quantitative estimate of drug-likeness (QED) is 0.784. The molecule has 2 heterocycles. The lowest BCUT2D eigenvalue weighted by atomic mass is 10.1. The molecule has 0 saturated carbocycles. The molecule has 2 atom stereocenters. The molecule has 1 saturated heterocycles. The van der Waals surface area contributed by atoms with Gasteiger partial charge in [0.25, 0.3) is 0 Å². The molecule has 2 unspecified atom stereocenters. The standard InChI is InChI=1S/C10H15ClN4/c1-7-5-15(6-8(2)12-7)10-4-3-9(11)13-14-10/h3-4,7-8,12H,5-6H2,1-2H3. The first-order chi connectivity index (χ1) is 7.15. The van der Waals surface area contributed by atoms with E-state index < -0.39 is 0 Å². The second-order valence-electron chi connectivity index (χ2n) is 4.09. The van der Waals surface area contributed by atoms with Gasteiger partial charge in [0.15, 0.2) is 11.0 Å². The van der Waals surface area contributed by atoms with Crippen molar-refractivity contribution in [1.82, 2.24) is 15.5 Å². The molecule has 4 nitrogen and oxygen atoms in total. The number of nitrogens with one attached hydrogen (secondary N) is 1. The summed E-state index contributed by atoms with van der Waals surface area (Å²) in [5.41, 5.74) is 0. The summed E-state index contributed by atoms with van der Waals surface area (Å²) < 4.78 is 0. The van der Waals surface area contributed by atoms with Crippen molar-refractivity contribution in [1.29, 1.82) is 0 Å². The third-order valence-corrected chi connectivity index (χ3v) is 2.70. The van der Waals surface area contributed by atoms with Crippen LogP contribution in [0.2, 0.25) is 5.15 Å². The van der Waals surface area contributed by atoms with Crippen molar-refractivity contribution < 1.29 is 0 Å². The number of hydrogen-bond acceptors (Lipinski definition) is 4. The Morgan fingerprint density at radius 2 is 1.93 bits per heavy atom. The van der Waals surface area contributed by atoms with E-state index in [9.17, 15) is 0 Å². The van der Waals surface area contributed by atoms with Gasteiger partial charge in [0.1, 0.15) is 0 Å². The number of hydrogen-bond donors (Lipinski definition) is 1. The number of piperazine rings is 1. The highest BCUT2D eigenvalue weighted by Crippen LogP contribution is 2.15. The van der Waals surface area contributed by atoms with Crippen molar-refractivity contribution in [3.8, 4) is 0 Å². The van der Waals surface area contributed by atoms with Crippen LogP contribution < -0.4 is 10.2 Å². The SMILES string of the molecule is CC1CN(c2ccc(Cl)nn2)CC(C)N1. The summed E-state index contributed by atoms with van der Waals surface area (Å²) in [4.78, 5) is 2.23. The third kappa shape index (κ3) is 2.58. The second kappa shape index (κ2) is 4.33. The first-order valence-electron chi connectivity index (χ1n) is 5.15. The van der Waals surface area contributed by atoms with Gasteiger partial charge in [-0.3, -0.25) is 0 Å². The predicted octanol–water partition coefficient (Wildman–Crippen LogP) is 1.32. The molecule has 1 aliphatic rings. The topological polar surface area (TPSA) is 41.1 Å². The highest BCUT2D eigenvalue weighted by atomic mass is 35.5. The molecule has 1 fully saturated rings. The Bertz CT molecular complexity index is 317. The molecular weight excluding hydrogens is 212 g/mol. The number of halogens is 1. The molecule has 0 bridgehead atoms. The largest absolute Gasteiger partial charge is 0.352 e. The van der Waals surface area contributed by atoms with Crippen LogP contribution in [0.25, 0.3) is 0 Å². The minimum absolute atomic E-state index is 0.440. The smallest absolute Gasteiger partial charge is 0.151 e. The van der Waals surface area contributed by atoms with Crippen molar-refractivity contribution >= 4 is 17.4 Å². The lowest BCUT2D eigenvalue weighted by Gasteiger charge is -2.36. The highest BCUT2D eigenvalue weighted by molar-refractivity contribution is 6.29. The van der Waals surface area contributed by atoms with Crippen LogP contribution >= 0.6 is 11.6 Å².